The van der Waals surface area contributed by atoms with Crippen molar-refractivity contribution in [2.75, 3.05) is 5.32 Å². The summed E-state index contributed by atoms with van der Waals surface area (Å²) in [7, 11) is 0. The molecule has 0 radical (unpaired) electrons. The average Bonchev–Trinajstić information content (AvgIpc) is 2.89. The van der Waals surface area contributed by atoms with Crippen molar-refractivity contribution in [2.24, 2.45) is 0 Å². The van der Waals surface area contributed by atoms with Crippen LogP contribution in [0.25, 0.3) is 16.8 Å². The fourth-order valence-electron chi connectivity index (χ4n) is 3.22. The fraction of sp³-hybridized carbons (Fsp3) is 0.350. The Bertz CT molecular complexity index is 911. The van der Waals surface area contributed by atoms with Gasteiger partial charge in [-0.3, -0.25) is 0 Å². The van der Waals surface area contributed by atoms with Gasteiger partial charge < -0.3 is 5.32 Å². The second-order valence-electron chi connectivity index (χ2n) is 6.45. The highest BCUT2D eigenvalue weighted by Gasteiger charge is 2.17. The van der Waals surface area contributed by atoms with Gasteiger partial charge in [0.15, 0.2) is 0 Å². The van der Waals surface area contributed by atoms with Crippen LogP contribution in [0.5, 0.6) is 0 Å². The third-order valence-electron chi connectivity index (χ3n) is 4.59. The smallest absolute Gasteiger partial charge is 0.0888 e. The highest BCUT2D eigenvalue weighted by atomic mass is 35.5. The lowest BCUT2D eigenvalue weighted by atomic mass is 10.1. The Balaban J connectivity index is 2.21. The number of aryl methyl sites for hydroxylation is 2. The van der Waals surface area contributed by atoms with Crippen LogP contribution in [-0.2, 0) is 0 Å². The van der Waals surface area contributed by atoms with E-state index in [-0.39, 0.29) is 0 Å². The third kappa shape index (κ3) is 3.49. The summed E-state index contributed by atoms with van der Waals surface area (Å²) in [5, 5.41) is 9.67. The van der Waals surface area contributed by atoms with Gasteiger partial charge in [0, 0.05) is 16.6 Å². The monoisotopic (exact) mass is 375 g/mol. The van der Waals surface area contributed by atoms with Crippen LogP contribution < -0.4 is 5.32 Å². The van der Waals surface area contributed by atoms with Gasteiger partial charge in [-0.15, -0.1) is 0 Å². The first kappa shape index (κ1) is 18.1. The molecule has 3 aromatic rings. The molecule has 0 amide bonds. The van der Waals surface area contributed by atoms with Crippen LogP contribution in [0, 0.1) is 13.8 Å². The number of nitrogens with one attached hydrogen (secondary N) is 1. The summed E-state index contributed by atoms with van der Waals surface area (Å²) >= 11 is 12.5. The van der Waals surface area contributed by atoms with Gasteiger partial charge in [0.05, 0.1) is 27.6 Å². The summed E-state index contributed by atoms with van der Waals surface area (Å²) in [6, 6.07) is 10.3. The molecule has 0 bridgehead atoms. The fourth-order valence-corrected chi connectivity index (χ4v) is 3.72. The highest BCUT2D eigenvalue weighted by molar-refractivity contribution is 6.36. The molecule has 0 atom stereocenters. The number of aromatic nitrogens is 2. The standard InChI is InChI=1S/C20H23Cl2N3/c1-5-15(6-2)23-18-10-13(4)24-25-19(18)9-12(3)20(25)16-8-7-14(21)11-17(16)22/h7-11,15,23H,5-6H2,1-4H3. The van der Waals surface area contributed by atoms with Crippen LogP contribution >= 0.6 is 23.2 Å². The van der Waals surface area contributed by atoms with E-state index in [4.69, 9.17) is 28.3 Å². The Morgan fingerprint density at radius 3 is 2.44 bits per heavy atom. The van der Waals surface area contributed by atoms with E-state index in [2.05, 4.69) is 38.2 Å². The van der Waals surface area contributed by atoms with Crippen LogP contribution in [0.4, 0.5) is 5.69 Å². The number of benzene rings is 1. The van der Waals surface area contributed by atoms with Gasteiger partial charge in [-0.2, -0.15) is 5.10 Å². The maximum absolute atomic E-state index is 6.46. The highest BCUT2D eigenvalue weighted by Crippen LogP contribution is 2.35. The van der Waals surface area contributed by atoms with Gasteiger partial charge in [0.1, 0.15) is 0 Å². The van der Waals surface area contributed by atoms with Crippen LogP contribution in [0.2, 0.25) is 10.0 Å². The van der Waals surface area contributed by atoms with E-state index >= 15 is 0 Å². The Hall–Kier alpha value is -1.71. The Morgan fingerprint density at radius 2 is 1.80 bits per heavy atom. The molecule has 2 heterocycles. The number of nitrogens with zero attached hydrogens (tertiary/aromatic N) is 2. The molecule has 0 aliphatic carbocycles. The first-order valence-corrected chi connectivity index (χ1v) is 9.42. The zero-order valence-electron chi connectivity index (χ0n) is 15.0. The maximum atomic E-state index is 6.46. The van der Waals surface area contributed by atoms with Crippen LogP contribution in [0.3, 0.4) is 0 Å². The van der Waals surface area contributed by atoms with Crippen molar-refractivity contribution in [3.63, 3.8) is 0 Å². The van der Waals surface area contributed by atoms with E-state index in [1.165, 1.54) is 0 Å². The van der Waals surface area contributed by atoms with Crippen molar-refractivity contribution in [3.05, 3.63) is 51.6 Å². The third-order valence-corrected chi connectivity index (χ3v) is 5.13. The lowest BCUT2D eigenvalue weighted by molar-refractivity contribution is 0.671. The van der Waals surface area contributed by atoms with Crippen molar-refractivity contribution in [1.82, 2.24) is 9.61 Å². The first-order valence-electron chi connectivity index (χ1n) is 8.66. The van der Waals surface area contributed by atoms with E-state index in [0.717, 1.165) is 46.6 Å². The summed E-state index contributed by atoms with van der Waals surface area (Å²) in [6.07, 6.45) is 2.17. The van der Waals surface area contributed by atoms with Gasteiger partial charge in [-0.05, 0) is 62.6 Å². The molecule has 1 N–H and O–H groups in total. The molecule has 132 valence electrons. The zero-order chi connectivity index (χ0) is 18.1. The minimum absolute atomic E-state index is 0.448. The van der Waals surface area contributed by atoms with E-state index in [9.17, 15) is 0 Å². The maximum Gasteiger partial charge on any atom is 0.0888 e. The van der Waals surface area contributed by atoms with Crippen LogP contribution in [0.15, 0.2) is 30.3 Å². The average molecular weight is 376 g/mol. The van der Waals surface area contributed by atoms with Crippen LogP contribution in [-0.4, -0.2) is 15.7 Å². The van der Waals surface area contributed by atoms with Crippen molar-refractivity contribution in [3.8, 4) is 11.3 Å². The van der Waals surface area contributed by atoms with E-state index in [1.54, 1.807) is 6.07 Å². The molecule has 0 saturated heterocycles. The summed E-state index contributed by atoms with van der Waals surface area (Å²) in [5.41, 5.74) is 6.22. The van der Waals surface area contributed by atoms with Gasteiger partial charge in [-0.25, -0.2) is 4.52 Å². The molecule has 0 saturated carbocycles. The minimum atomic E-state index is 0.448. The van der Waals surface area contributed by atoms with Gasteiger partial charge in [0.25, 0.3) is 0 Å². The van der Waals surface area contributed by atoms with Crippen molar-refractivity contribution >= 4 is 34.4 Å². The molecule has 1 aromatic carbocycles. The van der Waals surface area contributed by atoms with Gasteiger partial charge >= 0.3 is 0 Å². The van der Waals surface area contributed by atoms with Crippen molar-refractivity contribution in [1.29, 1.82) is 0 Å². The minimum Gasteiger partial charge on any atom is -0.381 e. The summed E-state index contributed by atoms with van der Waals surface area (Å²) in [5.74, 6) is 0. The first-order chi connectivity index (χ1) is 11.9. The molecular weight excluding hydrogens is 353 g/mol. The molecule has 0 fully saturated rings. The quantitative estimate of drug-likeness (QED) is 0.549. The van der Waals surface area contributed by atoms with Crippen molar-refractivity contribution in [2.45, 2.75) is 46.6 Å². The molecule has 25 heavy (non-hydrogen) atoms. The predicted octanol–water partition coefficient (Wildman–Crippen LogP) is 6.53. The van der Waals surface area contributed by atoms with Gasteiger partial charge in [0.2, 0.25) is 0 Å². The molecular formula is C20H23Cl2N3. The van der Waals surface area contributed by atoms with Gasteiger partial charge in [-0.1, -0.05) is 37.0 Å². The van der Waals surface area contributed by atoms with E-state index in [1.807, 2.05) is 23.6 Å². The van der Waals surface area contributed by atoms with Crippen LogP contribution in [0.1, 0.15) is 37.9 Å². The molecule has 2 aromatic heterocycles. The Morgan fingerprint density at radius 1 is 1.08 bits per heavy atom. The zero-order valence-corrected chi connectivity index (χ0v) is 16.5. The number of hydrogen-bond donors (Lipinski definition) is 1. The lowest BCUT2D eigenvalue weighted by Gasteiger charge is -2.18. The molecule has 5 heteroatoms. The summed E-state index contributed by atoms with van der Waals surface area (Å²) in [4.78, 5) is 0. The predicted molar refractivity (Wildman–Crippen MR) is 108 cm³/mol. The largest absolute Gasteiger partial charge is 0.381 e. The van der Waals surface area contributed by atoms with E-state index < -0.39 is 0 Å². The number of halogens is 2. The Kier molecular flexibility index (Phi) is 5.26. The Labute approximate surface area is 159 Å². The molecule has 0 aliphatic heterocycles. The number of anilines is 1. The topological polar surface area (TPSA) is 29.3 Å². The number of hydrogen-bond acceptors (Lipinski definition) is 2. The number of rotatable bonds is 5. The second kappa shape index (κ2) is 7.27. The summed E-state index contributed by atoms with van der Waals surface area (Å²) in [6.45, 7) is 8.51. The van der Waals surface area contributed by atoms with E-state index in [0.29, 0.717) is 16.1 Å². The molecule has 3 nitrogen and oxygen atoms in total. The molecule has 3 rings (SSSR count). The summed E-state index contributed by atoms with van der Waals surface area (Å²) < 4.78 is 1.99. The molecule has 0 aliphatic rings. The molecule has 0 spiro atoms. The number of fused-ring (bicyclic) bond motifs is 1. The normalized spacial score (nSPS) is 11.5. The second-order valence-corrected chi connectivity index (χ2v) is 7.30. The lowest BCUT2D eigenvalue weighted by Crippen LogP contribution is -2.18. The van der Waals surface area contributed by atoms with Crippen molar-refractivity contribution < 1.29 is 0 Å². The SMILES string of the molecule is CCC(CC)Nc1cc(C)nn2c(-c3ccc(Cl)cc3Cl)c(C)cc12. The molecule has 0 unspecified atom stereocenters.